The van der Waals surface area contributed by atoms with Crippen molar-refractivity contribution in [2.75, 3.05) is 0 Å². The summed E-state index contributed by atoms with van der Waals surface area (Å²) >= 11 is 11.8. The number of carboxylic acids is 1. The van der Waals surface area contributed by atoms with Crippen LogP contribution in [0.1, 0.15) is 10.5 Å². The summed E-state index contributed by atoms with van der Waals surface area (Å²) in [5.74, 6) is -0.768. The summed E-state index contributed by atoms with van der Waals surface area (Å²) in [7, 11) is 0. The quantitative estimate of drug-likeness (QED) is 0.677. The van der Waals surface area contributed by atoms with E-state index in [9.17, 15) is 4.79 Å². The number of halogens is 2. The van der Waals surface area contributed by atoms with E-state index in [-0.39, 0.29) is 11.4 Å². The van der Waals surface area contributed by atoms with Crippen LogP contribution in [0.5, 0.6) is 0 Å². The van der Waals surface area contributed by atoms with Gasteiger partial charge in [0.2, 0.25) is 0 Å². The number of nitrogens with zero attached hydrogens (tertiary/aromatic N) is 2. The van der Waals surface area contributed by atoms with E-state index in [1.54, 1.807) is 12.1 Å². The molecular weight excluding hydrogens is 291 g/mol. The molecule has 0 aliphatic carbocycles. The second-order valence-corrected chi connectivity index (χ2v) is 4.61. The first-order valence-electron chi connectivity index (χ1n) is 5.18. The number of nitrogens with one attached hydrogen (secondary N) is 2. The van der Waals surface area contributed by atoms with E-state index in [1.165, 1.54) is 6.33 Å². The van der Waals surface area contributed by atoms with E-state index >= 15 is 0 Å². The van der Waals surface area contributed by atoms with Crippen LogP contribution in [0, 0.1) is 0 Å². The molecule has 3 N–H and O–H groups in total. The maximum atomic E-state index is 11.0. The molecule has 0 saturated carbocycles. The van der Waals surface area contributed by atoms with Crippen LogP contribution in [0.2, 0.25) is 10.0 Å². The predicted octanol–water partition coefficient (Wildman–Crippen LogP) is 2.96. The second kappa shape index (κ2) is 4.25. The minimum atomic E-state index is -1.11. The number of aromatic carboxylic acids is 1. The van der Waals surface area contributed by atoms with E-state index in [4.69, 9.17) is 28.3 Å². The lowest BCUT2D eigenvalue weighted by molar-refractivity contribution is 0.0692. The van der Waals surface area contributed by atoms with Gasteiger partial charge in [-0.25, -0.2) is 14.8 Å². The number of fused-ring (bicyclic) bond motifs is 1. The fourth-order valence-electron chi connectivity index (χ4n) is 1.75. The van der Waals surface area contributed by atoms with Crippen LogP contribution >= 0.6 is 23.2 Å². The molecule has 0 bridgehead atoms. The Hall–Kier alpha value is -2.05. The first-order chi connectivity index (χ1) is 9.06. The molecule has 2 heterocycles. The number of rotatable bonds is 2. The Morgan fingerprint density at radius 2 is 2.00 bits per heavy atom. The van der Waals surface area contributed by atoms with Gasteiger partial charge in [0.25, 0.3) is 0 Å². The fraction of sp³-hybridized carbons (Fsp3) is 0. The Kier molecular flexibility index (Phi) is 2.69. The topological polar surface area (TPSA) is 94.7 Å². The number of carbonyl (C=O) groups is 1. The molecule has 6 nitrogen and oxygen atoms in total. The SMILES string of the molecule is O=C(O)c1[nH]cnc1-c1nc2cc(Cl)c(Cl)cc2[nH]1. The van der Waals surface area contributed by atoms with E-state index in [2.05, 4.69) is 19.9 Å². The fourth-order valence-corrected chi connectivity index (χ4v) is 2.08. The Morgan fingerprint density at radius 3 is 2.74 bits per heavy atom. The van der Waals surface area contributed by atoms with Gasteiger partial charge in [-0.2, -0.15) is 0 Å². The minimum Gasteiger partial charge on any atom is -0.477 e. The maximum Gasteiger partial charge on any atom is 0.354 e. The summed E-state index contributed by atoms with van der Waals surface area (Å²) in [6.45, 7) is 0. The van der Waals surface area contributed by atoms with Gasteiger partial charge in [0.1, 0.15) is 5.69 Å². The number of aromatic nitrogens is 4. The lowest BCUT2D eigenvalue weighted by atomic mass is 10.3. The summed E-state index contributed by atoms with van der Waals surface area (Å²) in [6.07, 6.45) is 1.30. The first kappa shape index (κ1) is 12.0. The molecule has 0 aliphatic rings. The van der Waals surface area contributed by atoms with Crippen LogP contribution in [-0.2, 0) is 0 Å². The third kappa shape index (κ3) is 1.94. The zero-order valence-corrected chi connectivity index (χ0v) is 10.7. The molecule has 2 aromatic heterocycles. The van der Waals surface area contributed by atoms with Crippen molar-refractivity contribution >= 4 is 40.2 Å². The third-order valence-corrected chi connectivity index (χ3v) is 3.32. The molecule has 0 radical (unpaired) electrons. The molecule has 0 unspecified atom stereocenters. The molecule has 0 amide bonds. The van der Waals surface area contributed by atoms with Gasteiger partial charge in [-0.05, 0) is 12.1 Å². The van der Waals surface area contributed by atoms with Gasteiger partial charge in [-0.3, -0.25) is 0 Å². The average molecular weight is 297 g/mol. The average Bonchev–Trinajstić information content (AvgIpc) is 2.95. The molecule has 1 aromatic carbocycles. The highest BCUT2D eigenvalue weighted by molar-refractivity contribution is 6.42. The Balaban J connectivity index is 2.21. The summed E-state index contributed by atoms with van der Waals surface area (Å²) in [5.41, 5.74) is 1.44. The zero-order chi connectivity index (χ0) is 13.6. The molecule has 3 aromatic rings. The van der Waals surface area contributed by atoms with E-state index in [0.29, 0.717) is 26.9 Å². The highest BCUT2D eigenvalue weighted by Gasteiger charge is 2.18. The molecule has 0 saturated heterocycles. The molecule has 3 rings (SSSR count). The number of H-pyrrole nitrogens is 2. The van der Waals surface area contributed by atoms with Gasteiger partial charge < -0.3 is 15.1 Å². The van der Waals surface area contributed by atoms with Crippen molar-refractivity contribution in [3.8, 4) is 11.5 Å². The molecule has 0 atom stereocenters. The van der Waals surface area contributed by atoms with Crippen molar-refractivity contribution in [2.24, 2.45) is 0 Å². The number of aromatic amines is 2. The largest absolute Gasteiger partial charge is 0.477 e. The Morgan fingerprint density at radius 1 is 1.26 bits per heavy atom. The van der Waals surface area contributed by atoms with Crippen molar-refractivity contribution in [2.45, 2.75) is 0 Å². The van der Waals surface area contributed by atoms with Crippen LogP contribution in [0.15, 0.2) is 18.5 Å². The van der Waals surface area contributed by atoms with Crippen molar-refractivity contribution in [1.29, 1.82) is 0 Å². The lowest BCUT2D eigenvalue weighted by Crippen LogP contribution is -1.99. The standard InChI is InChI=1S/C11H6Cl2N4O2/c12-4-1-6-7(2-5(4)13)17-10(16-6)8-9(11(18)19)15-3-14-8/h1-3H,(H,14,15)(H,16,17)(H,18,19). The third-order valence-electron chi connectivity index (χ3n) is 2.60. The van der Waals surface area contributed by atoms with Gasteiger partial charge >= 0.3 is 5.97 Å². The number of hydrogen-bond donors (Lipinski definition) is 3. The highest BCUT2D eigenvalue weighted by Crippen LogP contribution is 2.28. The maximum absolute atomic E-state index is 11.0. The summed E-state index contributed by atoms with van der Waals surface area (Å²) in [4.78, 5) is 24.7. The van der Waals surface area contributed by atoms with Gasteiger partial charge in [0, 0.05) is 0 Å². The molecule has 0 fully saturated rings. The number of hydrogen-bond acceptors (Lipinski definition) is 3. The summed E-state index contributed by atoms with van der Waals surface area (Å²) < 4.78 is 0. The van der Waals surface area contributed by atoms with E-state index in [1.807, 2.05) is 0 Å². The first-order valence-corrected chi connectivity index (χ1v) is 5.93. The van der Waals surface area contributed by atoms with Crippen LogP contribution in [0.25, 0.3) is 22.6 Å². The van der Waals surface area contributed by atoms with Crippen LogP contribution < -0.4 is 0 Å². The molecule has 0 spiro atoms. The van der Waals surface area contributed by atoms with Crippen LogP contribution in [0.4, 0.5) is 0 Å². The lowest BCUT2D eigenvalue weighted by Gasteiger charge is -1.93. The van der Waals surface area contributed by atoms with Gasteiger partial charge in [0.05, 0.1) is 27.4 Å². The van der Waals surface area contributed by atoms with Crippen molar-refractivity contribution in [1.82, 2.24) is 19.9 Å². The van der Waals surface area contributed by atoms with Crippen molar-refractivity contribution < 1.29 is 9.90 Å². The smallest absolute Gasteiger partial charge is 0.354 e. The molecular formula is C11H6Cl2N4O2. The minimum absolute atomic E-state index is 0.0312. The van der Waals surface area contributed by atoms with Gasteiger partial charge in [-0.15, -0.1) is 0 Å². The predicted molar refractivity (Wildman–Crippen MR) is 70.7 cm³/mol. The van der Waals surface area contributed by atoms with Crippen LogP contribution in [-0.4, -0.2) is 31.0 Å². The zero-order valence-electron chi connectivity index (χ0n) is 9.24. The van der Waals surface area contributed by atoms with Crippen LogP contribution in [0.3, 0.4) is 0 Å². The van der Waals surface area contributed by atoms with Crippen molar-refractivity contribution in [3.63, 3.8) is 0 Å². The highest BCUT2D eigenvalue weighted by atomic mass is 35.5. The number of benzene rings is 1. The van der Waals surface area contributed by atoms with Crippen molar-refractivity contribution in [3.05, 3.63) is 34.2 Å². The van der Waals surface area contributed by atoms with Gasteiger partial charge in [0.15, 0.2) is 11.5 Å². The van der Waals surface area contributed by atoms with Gasteiger partial charge in [-0.1, -0.05) is 23.2 Å². The van der Waals surface area contributed by atoms with E-state index < -0.39 is 5.97 Å². The number of carboxylic acid groups (broad SMARTS) is 1. The van der Waals surface area contributed by atoms with E-state index in [0.717, 1.165) is 0 Å². The molecule has 96 valence electrons. The number of imidazole rings is 2. The summed E-state index contributed by atoms with van der Waals surface area (Å²) in [6, 6.07) is 3.23. The summed E-state index contributed by atoms with van der Waals surface area (Å²) in [5, 5.41) is 9.80. The Bertz CT molecular complexity index is 754. The molecule has 8 heteroatoms. The monoisotopic (exact) mass is 296 g/mol. The second-order valence-electron chi connectivity index (χ2n) is 3.80. The Labute approximate surface area is 116 Å². The molecule has 19 heavy (non-hydrogen) atoms. The molecule has 0 aliphatic heterocycles. The normalized spacial score (nSPS) is 11.1.